The van der Waals surface area contributed by atoms with Gasteiger partial charge in [0.05, 0.1) is 4.90 Å². The van der Waals surface area contributed by atoms with Crippen molar-refractivity contribution in [3.63, 3.8) is 0 Å². The molecule has 1 aromatic rings. The second-order valence-electron chi connectivity index (χ2n) is 5.27. The van der Waals surface area contributed by atoms with Gasteiger partial charge in [-0.2, -0.15) is 4.31 Å². The molecule has 7 heteroatoms. The molecule has 1 fully saturated rings. The average molecular weight is 337 g/mol. The van der Waals surface area contributed by atoms with Crippen molar-refractivity contribution < 1.29 is 12.8 Å². The third-order valence-electron chi connectivity index (χ3n) is 3.90. The SMILES string of the molecule is CNCC1CCN(S(=O)(=O)c2cccc(F)c2C)CC1.Cl. The van der Waals surface area contributed by atoms with Crippen molar-refractivity contribution in [2.45, 2.75) is 24.7 Å². The lowest BCUT2D eigenvalue weighted by Gasteiger charge is -2.31. The first-order valence-electron chi connectivity index (χ1n) is 6.86. The highest BCUT2D eigenvalue weighted by Gasteiger charge is 2.30. The smallest absolute Gasteiger partial charge is 0.243 e. The maximum absolute atomic E-state index is 13.5. The molecule has 0 radical (unpaired) electrons. The van der Waals surface area contributed by atoms with Crippen molar-refractivity contribution in [2.75, 3.05) is 26.7 Å². The van der Waals surface area contributed by atoms with Crippen molar-refractivity contribution in [2.24, 2.45) is 5.92 Å². The first-order chi connectivity index (χ1) is 9.46. The van der Waals surface area contributed by atoms with E-state index in [0.29, 0.717) is 19.0 Å². The number of piperidine rings is 1. The molecule has 1 heterocycles. The number of hydrogen-bond acceptors (Lipinski definition) is 3. The van der Waals surface area contributed by atoms with Crippen LogP contribution in [0.5, 0.6) is 0 Å². The Kier molecular flexibility index (Phi) is 6.59. The van der Waals surface area contributed by atoms with E-state index in [-0.39, 0.29) is 22.9 Å². The number of nitrogens with one attached hydrogen (secondary N) is 1. The molecule has 0 amide bonds. The van der Waals surface area contributed by atoms with E-state index in [1.807, 2.05) is 7.05 Å². The molecule has 1 aromatic carbocycles. The summed E-state index contributed by atoms with van der Waals surface area (Å²) in [7, 11) is -1.68. The molecule has 0 spiro atoms. The van der Waals surface area contributed by atoms with Crippen molar-refractivity contribution in [3.8, 4) is 0 Å². The third kappa shape index (κ3) is 3.94. The van der Waals surface area contributed by atoms with E-state index in [1.54, 1.807) is 0 Å². The Morgan fingerprint density at radius 1 is 1.33 bits per heavy atom. The second-order valence-corrected chi connectivity index (χ2v) is 7.17. The summed E-state index contributed by atoms with van der Waals surface area (Å²) in [4.78, 5) is 0.0876. The summed E-state index contributed by atoms with van der Waals surface area (Å²) in [5.41, 5.74) is 0.199. The molecule has 0 atom stereocenters. The molecule has 21 heavy (non-hydrogen) atoms. The molecular weight excluding hydrogens is 315 g/mol. The maximum atomic E-state index is 13.5. The van der Waals surface area contributed by atoms with Crippen LogP contribution in [-0.4, -0.2) is 39.4 Å². The average Bonchev–Trinajstić information content (AvgIpc) is 2.42. The highest BCUT2D eigenvalue weighted by molar-refractivity contribution is 7.89. The van der Waals surface area contributed by atoms with Crippen LogP contribution in [0.25, 0.3) is 0 Å². The van der Waals surface area contributed by atoms with Crippen molar-refractivity contribution in [1.82, 2.24) is 9.62 Å². The summed E-state index contributed by atoms with van der Waals surface area (Å²) in [6.45, 7) is 3.43. The summed E-state index contributed by atoms with van der Waals surface area (Å²) in [6, 6.07) is 4.21. The van der Waals surface area contributed by atoms with E-state index in [0.717, 1.165) is 19.4 Å². The molecule has 0 saturated carbocycles. The van der Waals surface area contributed by atoms with Gasteiger partial charge in [0.25, 0.3) is 0 Å². The molecule has 1 aliphatic heterocycles. The Morgan fingerprint density at radius 3 is 2.52 bits per heavy atom. The van der Waals surface area contributed by atoms with Crippen molar-refractivity contribution in [1.29, 1.82) is 0 Å². The Labute approximate surface area is 132 Å². The highest BCUT2D eigenvalue weighted by atomic mass is 35.5. The molecule has 2 rings (SSSR count). The second kappa shape index (κ2) is 7.54. The fraction of sp³-hybridized carbons (Fsp3) is 0.571. The number of sulfonamides is 1. The third-order valence-corrected chi connectivity index (χ3v) is 5.95. The lowest BCUT2D eigenvalue weighted by molar-refractivity contribution is 0.270. The van der Waals surface area contributed by atoms with Crippen LogP contribution in [0.3, 0.4) is 0 Å². The minimum atomic E-state index is -3.58. The molecule has 0 aliphatic carbocycles. The number of rotatable bonds is 4. The van der Waals surface area contributed by atoms with Crippen LogP contribution in [0.15, 0.2) is 23.1 Å². The van der Waals surface area contributed by atoms with E-state index in [9.17, 15) is 12.8 Å². The molecular formula is C14H22ClFN2O2S. The quantitative estimate of drug-likeness (QED) is 0.916. The van der Waals surface area contributed by atoms with Crippen LogP contribution in [0.1, 0.15) is 18.4 Å². The molecule has 1 aliphatic rings. The van der Waals surface area contributed by atoms with Gasteiger partial charge in [-0.25, -0.2) is 12.8 Å². The van der Waals surface area contributed by atoms with Gasteiger partial charge in [0.15, 0.2) is 0 Å². The van der Waals surface area contributed by atoms with E-state index in [1.165, 1.54) is 29.4 Å². The Hall–Kier alpha value is -0.690. The number of halogens is 2. The summed E-state index contributed by atoms with van der Waals surface area (Å²) in [5, 5.41) is 3.12. The van der Waals surface area contributed by atoms with E-state index >= 15 is 0 Å². The van der Waals surface area contributed by atoms with Gasteiger partial charge in [-0.15, -0.1) is 12.4 Å². The Balaban J connectivity index is 0.00000220. The zero-order valence-electron chi connectivity index (χ0n) is 12.3. The predicted octanol–water partition coefficient (Wildman–Crippen LogP) is 2.18. The van der Waals surface area contributed by atoms with Gasteiger partial charge in [0.1, 0.15) is 5.82 Å². The molecule has 0 bridgehead atoms. The van der Waals surface area contributed by atoms with Crippen LogP contribution in [0, 0.1) is 18.7 Å². The molecule has 1 N–H and O–H groups in total. The largest absolute Gasteiger partial charge is 0.319 e. The summed E-state index contributed by atoms with van der Waals surface area (Å²) < 4.78 is 40.2. The molecule has 120 valence electrons. The maximum Gasteiger partial charge on any atom is 0.243 e. The molecule has 1 saturated heterocycles. The summed E-state index contributed by atoms with van der Waals surface area (Å²) >= 11 is 0. The predicted molar refractivity (Wildman–Crippen MR) is 83.8 cm³/mol. The molecule has 0 aromatic heterocycles. The highest BCUT2D eigenvalue weighted by Crippen LogP contribution is 2.26. The molecule has 0 unspecified atom stereocenters. The van der Waals surface area contributed by atoms with Gasteiger partial charge in [0, 0.05) is 18.7 Å². The number of hydrogen-bond donors (Lipinski definition) is 1. The first kappa shape index (κ1) is 18.4. The van der Waals surface area contributed by atoms with Gasteiger partial charge in [0.2, 0.25) is 10.0 Å². The zero-order chi connectivity index (χ0) is 14.8. The van der Waals surface area contributed by atoms with Gasteiger partial charge in [-0.3, -0.25) is 0 Å². The Bertz CT molecular complexity index is 572. The molecule has 4 nitrogen and oxygen atoms in total. The van der Waals surface area contributed by atoms with Crippen molar-refractivity contribution >= 4 is 22.4 Å². The van der Waals surface area contributed by atoms with E-state index in [2.05, 4.69) is 5.32 Å². The van der Waals surface area contributed by atoms with Crippen LogP contribution >= 0.6 is 12.4 Å². The number of nitrogens with zero attached hydrogens (tertiary/aromatic N) is 1. The van der Waals surface area contributed by atoms with Crippen LogP contribution in [0.2, 0.25) is 0 Å². The summed E-state index contributed by atoms with van der Waals surface area (Å²) in [6.07, 6.45) is 1.68. The fourth-order valence-electron chi connectivity index (χ4n) is 2.65. The lowest BCUT2D eigenvalue weighted by Crippen LogP contribution is -2.40. The topological polar surface area (TPSA) is 49.4 Å². The van der Waals surface area contributed by atoms with Gasteiger partial charge >= 0.3 is 0 Å². The standard InChI is InChI=1S/C14H21FN2O2S.ClH/c1-11-13(15)4-3-5-14(11)20(18,19)17-8-6-12(7-9-17)10-16-2;/h3-5,12,16H,6-10H2,1-2H3;1H. The lowest BCUT2D eigenvalue weighted by atomic mass is 9.98. The monoisotopic (exact) mass is 336 g/mol. The van der Waals surface area contributed by atoms with Crippen molar-refractivity contribution in [3.05, 3.63) is 29.6 Å². The van der Waals surface area contributed by atoms with Crippen LogP contribution in [-0.2, 0) is 10.0 Å². The fourth-order valence-corrected chi connectivity index (χ4v) is 4.35. The number of benzene rings is 1. The summed E-state index contributed by atoms with van der Waals surface area (Å²) in [5.74, 6) is 0.0381. The minimum Gasteiger partial charge on any atom is -0.319 e. The van der Waals surface area contributed by atoms with Gasteiger partial charge < -0.3 is 5.32 Å². The Morgan fingerprint density at radius 2 is 1.95 bits per heavy atom. The van der Waals surface area contributed by atoms with Crippen LogP contribution < -0.4 is 5.32 Å². The zero-order valence-corrected chi connectivity index (χ0v) is 13.9. The van der Waals surface area contributed by atoms with Gasteiger partial charge in [-0.05, 0) is 51.4 Å². The normalized spacial score (nSPS) is 17.5. The van der Waals surface area contributed by atoms with E-state index in [4.69, 9.17) is 0 Å². The van der Waals surface area contributed by atoms with Crippen LogP contribution in [0.4, 0.5) is 4.39 Å². The van der Waals surface area contributed by atoms with Gasteiger partial charge in [-0.1, -0.05) is 6.07 Å². The minimum absolute atomic E-state index is 0. The first-order valence-corrected chi connectivity index (χ1v) is 8.30. The van der Waals surface area contributed by atoms with E-state index < -0.39 is 15.8 Å².